The molecule has 0 spiro atoms. The Morgan fingerprint density at radius 3 is 2.14 bits per heavy atom. The van der Waals surface area contributed by atoms with Gasteiger partial charge in [-0.15, -0.1) is 0 Å². The van der Waals surface area contributed by atoms with Gasteiger partial charge in [-0.2, -0.15) is 0 Å². The van der Waals surface area contributed by atoms with E-state index >= 15 is 0 Å². The molecule has 1 fully saturated rings. The number of sulfone groups is 1. The summed E-state index contributed by atoms with van der Waals surface area (Å²) in [5.74, 6) is 1.19. The van der Waals surface area contributed by atoms with Crippen LogP contribution in [-0.4, -0.2) is 49.5 Å². The number of hydrogen-bond acceptors (Lipinski definition) is 3. The van der Waals surface area contributed by atoms with Gasteiger partial charge in [0.15, 0.2) is 9.84 Å². The third-order valence-electron chi connectivity index (χ3n) is 3.77. The molecule has 0 aromatic rings. The monoisotopic (exact) mass is 318 g/mol. The summed E-state index contributed by atoms with van der Waals surface area (Å²) in [6.45, 7) is 10.7. The summed E-state index contributed by atoms with van der Waals surface area (Å²) in [7, 11) is -2.99. The van der Waals surface area contributed by atoms with Gasteiger partial charge in [0, 0.05) is 18.6 Å². The van der Waals surface area contributed by atoms with Gasteiger partial charge in [-0.3, -0.25) is 0 Å². The van der Waals surface area contributed by atoms with Crippen LogP contribution in [0.2, 0.25) is 0 Å². The first-order chi connectivity index (χ1) is 9.60. The summed E-state index contributed by atoms with van der Waals surface area (Å²) in [5.41, 5.74) is 0. The van der Waals surface area contributed by atoms with E-state index in [1.165, 1.54) is 0 Å². The molecule has 1 aliphatic heterocycles. The minimum atomic E-state index is -2.99. The Morgan fingerprint density at radius 2 is 1.71 bits per heavy atom. The molecule has 5 nitrogen and oxygen atoms in total. The molecule has 1 aliphatic rings. The van der Waals surface area contributed by atoms with Crippen molar-refractivity contribution >= 4 is 15.9 Å². The van der Waals surface area contributed by atoms with Gasteiger partial charge >= 0.3 is 6.03 Å². The molecule has 0 aliphatic carbocycles. The highest BCUT2D eigenvalue weighted by Gasteiger charge is 2.32. The van der Waals surface area contributed by atoms with Crippen LogP contribution in [0.1, 0.15) is 47.5 Å². The van der Waals surface area contributed by atoms with Crippen LogP contribution < -0.4 is 5.32 Å². The number of nitrogens with one attached hydrogen (secondary N) is 1. The summed E-state index contributed by atoms with van der Waals surface area (Å²) in [6, 6.07) is -0.213. The second kappa shape index (κ2) is 7.47. The van der Waals surface area contributed by atoms with Crippen molar-refractivity contribution in [1.82, 2.24) is 10.2 Å². The molecule has 6 heteroatoms. The van der Waals surface area contributed by atoms with E-state index in [4.69, 9.17) is 0 Å². The van der Waals surface area contributed by atoms with E-state index in [0.717, 1.165) is 12.8 Å². The molecule has 21 heavy (non-hydrogen) atoms. The molecule has 1 heterocycles. The van der Waals surface area contributed by atoms with Crippen molar-refractivity contribution in [2.24, 2.45) is 11.8 Å². The fourth-order valence-corrected chi connectivity index (χ4v) is 4.47. The number of carbonyl (C=O) groups is 1. The van der Waals surface area contributed by atoms with Crippen molar-refractivity contribution in [3.05, 3.63) is 0 Å². The van der Waals surface area contributed by atoms with Crippen molar-refractivity contribution in [1.29, 1.82) is 0 Å². The average molecular weight is 318 g/mol. The lowest BCUT2D eigenvalue weighted by Gasteiger charge is -2.35. The topological polar surface area (TPSA) is 66.5 Å². The van der Waals surface area contributed by atoms with Gasteiger partial charge in [-0.05, 0) is 31.6 Å². The van der Waals surface area contributed by atoms with E-state index < -0.39 is 9.84 Å². The second-order valence-corrected chi connectivity index (χ2v) is 9.29. The average Bonchev–Trinajstić information content (AvgIpc) is 2.24. The fraction of sp³-hybridized carbons (Fsp3) is 0.933. The van der Waals surface area contributed by atoms with Crippen LogP contribution in [0, 0.1) is 11.8 Å². The molecular weight excluding hydrogens is 288 g/mol. The zero-order chi connectivity index (χ0) is 16.2. The van der Waals surface area contributed by atoms with Crippen LogP contribution in [0.5, 0.6) is 0 Å². The summed E-state index contributed by atoms with van der Waals surface area (Å²) in [4.78, 5) is 14.1. The molecule has 0 unspecified atom stereocenters. The molecule has 0 bridgehead atoms. The third kappa shape index (κ3) is 6.24. The number of hydrogen-bond donors (Lipinski definition) is 1. The van der Waals surface area contributed by atoms with Crippen LogP contribution in [-0.2, 0) is 9.84 Å². The van der Waals surface area contributed by atoms with Crippen LogP contribution in [0.25, 0.3) is 0 Å². The van der Waals surface area contributed by atoms with Crippen molar-refractivity contribution in [2.75, 3.05) is 18.1 Å². The van der Waals surface area contributed by atoms with E-state index in [2.05, 4.69) is 33.0 Å². The molecule has 0 saturated carbocycles. The molecule has 0 aromatic heterocycles. The van der Waals surface area contributed by atoms with Gasteiger partial charge in [-0.25, -0.2) is 13.2 Å². The summed E-state index contributed by atoms with van der Waals surface area (Å²) in [6.07, 6.45) is 1.90. The lowest BCUT2D eigenvalue weighted by molar-refractivity contribution is 0.177. The highest BCUT2D eigenvalue weighted by atomic mass is 32.2. The van der Waals surface area contributed by atoms with Crippen LogP contribution in [0.4, 0.5) is 4.79 Å². The molecule has 124 valence electrons. The first-order valence-corrected chi connectivity index (χ1v) is 9.70. The standard InChI is InChI=1S/C15H30N2O3S/c1-11(2)8-14(9-12(3)4)16-15(18)17-6-7-21(19,20)10-13(17)5/h11-14H,6-10H2,1-5H3,(H,16,18)/t13-/m1/s1. The molecular formula is C15H30N2O3S. The van der Waals surface area contributed by atoms with Crippen molar-refractivity contribution in [3.63, 3.8) is 0 Å². The second-order valence-electron chi connectivity index (χ2n) is 7.06. The lowest BCUT2D eigenvalue weighted by Crippen LogP contribution is -2.55. The molecule has 1 atom stereocenters. The largest absolute Gasteiger partial charge is 0.335 e. The number of carbonyl (C=O) groups excluding carboxylic acids is 1. The third-order valence-corrected chi connectivity index (χ3v) is 5.57. The molecule has 1 rings (SSSR count). The Labute approximate surface area is 129 Å². The Bertz CT molecular complexity index is 436. The van der Waals surface area contributed by atoms with Crippen LogP contribution >= 0.6 is 0 Å². The maximum atomic E-state index is 12.4. The number of amides is 2. The maximum Gasteiger partial charge on any atom is 0.317 e. The Hall–Kier alpha value is -0.780. The smallest absolute Gasteiger partial charge is 0.317 e. The zero-order valence-electron chi connectivity index (χ0n) is 13.9. The highest BCUT2D eigenvalue weighted by molar-refractivity contribution is 7.91. The summed E-state index contributed by atoms with van der Waals surface area (Å²) in [5, 5.41) is 3.10. The van der Waals surface area contributed by atoms with E-state index in [0.29, 0.717) is 18.4 Å². The van der Waals surface area contributed by atoms with Gasteiger partial charge in [-0.1, -0.05) is 27.7 Å². The van der Waals surface area contributed by atoms with Gasteiger partial charge in [0.25, 0.3) is 0 Å². The first-order valence-electron chi connectivity index (χ1n) is 7.88. The van der Waals surface area contributed by atoms with Gasteiger partial charge in [0.05, 0.1) is 11.5 Å². The minimum Gasteiger partial charge on any atom is -0.335 e. The fourth-order valence-electron chi connectivity index (χ4n) is 2.91. The molecule has 0 radical (unpaired) electrons. The molecule has 2 amide bonds. The number of urea groups is 1. The van der Waals surface area contributed by atoms with E-state index in [1.54, 1.807) is 11.8 Å². The number of rotatable bonds is 5. The summed E-state index contributed by atoms with van der Waals surface area (Å²) >= 11 is 0. The number of nitrogens with zero attached hydrogens (tertiary/aromatic N) is 1. The quantitative estimate of drug-likeness (QED) is 0.845. The van der Waals surface area contributed by atoms with E-state index in [9.17, 15) is 13.2 Å². The highest BCUT2D eigenvalue weighted by Crippen LogP contribution is 2.16. The Balaban J connectivity index is 2.64. The van der Waals surface area contributed by atoms with Crippen molar-refractivity contribution < 1.29 is 13.2 Å². The normalized spacial score (nSPS) is 22.1. The van der Waals surface area contributed by atoms with E-state index in [-0.39, 0.29) is 29.6 Å². The molecule has 1 N–H and O–H groups in total. The van der Waals surface area contributed by atoms with Crippen LogP contribution in [0.3, 0.4) is 0 Å². The predicted molar refractivity (Wildman–Crippen MR) is 86.1 cm³/mol. The first kappa shape index (κ1) is 18.3. The Kier molecular flexibility index (Phi) is 6.50. The predicted octanol–water partition coefficient (Wildman–Crippen LogP) is 2.28. The van der Waals surface area contributed by atoms with Crippen molar-refractivity contribution in [2.45, 2.75) is 59.5 Å². The van der Waals surface area contributed by atoms with Gasteiger partial charge in [0.1, 0.15) is 0 Å². The maximum absolute atomic E-state index is 12.4. The Morgan fingerprint density at radius 1 is 1.19 bits per heavy atom. The van der Waals surface area contributed by atoms with Gasteiger partial charge in [0.2, 0.25) is 0 Å². The molecule has 1 saturated heterocycles. The van der Waals surface area contributed by atoms with Crippen LogP contribution in [0.15, 0.2) is 0 Å². The van der Waals surface area contributed by atoms with Gasteiger partial charge < -0.3 is 10.2 Å². The zero-order valence-corrected chi connectivity index (χ0v) is 14.7. The lowest BCUT2D eigenvalue weighted by atomic mass is 9.96. The SMILES string of the molecule is CC(C)CC(CC(C)C)NC(=O)N1CCS(=O)(=O)C[C@H]1C. The summed E-state index contributed by atoms with van der Waals surface area (Å²) < 4.78 is 23.2. The van der Waals surface area contributed by atoms with Crippen molar-refractivity contribution in [3.8, 4) is 0 Å². The molecule has 0 aromatic carbocycles. The van der Waals surface area contributed by atoms with E-state index in [1.807, 2.05) is 0 Å². The minimum absolute atomic E-state index is 0.0689.